The lowest BCUT2D eigenvalue weighted by Crippen LogP contribution is -2.31. The van der Waals surface area contributed by atoms with Crippen LogP contribution in [-0.4, -0.2) is 23.9 Å². The van der Waals surface area contributed by atoms with E-state index in [0.29, 0.717) is 5.92 Å². The van der Waals surface area contributed by atoms with Crippen LogP contribution in [0.4, 0.5) is 0 Å². The van der Waals surface area contributed by atoms with E-state index in [4.69, 9.17) is 0 Å². The second-order valence-corrected chi connectivity index (χ2v) is 6.34. The first-order valence-electron chi connectivity index (χ1n) is 7.64. The summed E-state index contributed by atoms with van der Waals surface area (Å²) in [4.78, 5) is 13.6. The van der Waals surface area contributed by atoms with Crippen LogP contribution in [0.2, 0.25) is 0 Å². The first-order valence-corrected chi connectivity index (χ1v) is 7.64. The summed E-state index contributed by atoms with van der Waals surface area (Å²) in [5.41, 5.74) is 2.99. The maximum atomic E-state index is 11.6. The summed E-state index contributed by atoms with van der Waals surface area (Å²) in [6.07, 6.45) is 10.9. The minimum Gasteiger partial charge on any atom is -0.339 e. The van der Waals surface area contributed by atoms with Crippen LogP contribution >= 0.6 is 0 Å². The van der Waals surface area contributed by atoms with Gasteiger partial charge in [0, 0.05) is 20.0 Å². The Bertz CT molecular complexity index is 390. The van der Waals surface area contributed by atoms with E-state index in [0.717, 1.165) is 19.0 Å². The predicted molar refractivity (Wildman–Crippen MR) is 79.8 cm³/mol. The van der Waals surface area contributed by atoms with E-state index in [9.17, 15) is 4.79 Å². The molecule has 0 bridgehead atoms. The van der Waals surface area contributed by atoms with E-state index in [-0.39, 0.29) is 5.91 Å². The molecule has 106 valence electrons. The smallest absolute Gasteiger partial charge is 0.219 e. The van der Waals surface area contributed by atoms with Gasteiger partial charge in [0.2, 0.25) is 5.91 Å². The van der Waals surface area contributed by atoms with Crippen LogP contribution in [0.5, 0.6) is 0 Å². The average molecular weight is 261 g/mol. The van der Waals surface area contributed by atoms with Gasteiger partial charge < -0.3 is 4.90 Å². The van der Waals surface area contributed by atoms with Gasteiger partial charge in [-0.2, -0.15) is 0 Å². The van der Waals surface area contributed by atoms with Gasteiger partial charge in [-0.05, 0) is 57.8 Å². The molecule has 0 aromatic heterocycles. The molecule has 0 heterocycles. The van der Waals surface area contributed by atoms with Crippen molar-refractivity contribution in [3.05, 3.63) is 23.3 Å². The van der Waals surface area contributed by atoms with Crippen LogP contribution in [0.1, 0.15) is 52.9 Å². The van der Waals surface area contributed by atoms with Crippen molar-refractivity contribution in [1.29, 1.82) is 0 Å². The molecule has 0 N–H and O–H groups in total. The molecule has 0 saturated heterocycles. The molecule has 2 heteroatoms. The quantitative estimate of drug-likeness (QED) is 0.686. The minimum atomic E-state index is 0.218. The van der Waals surface area contributed by atoms with Crippen molar-refractivity contribution in [2.24, 2.45) is 11.8 Å². The summed E-state index contributed by atoms with van der Waals surface area (Å²) in [5, 5.41) is 0. The third-order valence-electron chi connectivity index (χ3n) is 4.54. The minimum absolute atomic E-state index is 0.218. The number of hydrogen-bond acceptors (Lipinski definition) is 1. The van der Waals surface area contributed by atoms with Crippen LogP contribution in [0.15, 0.2) is 23.3 Å². The zero-order valence-corrected chi connectivity index (χ0v) is 12.6. The largest absolute Gasteiger partial charge is 0.339 e. The second-order valence-electron chi connectivity index (χ2n) is 6.34. The molecule has 0 aromatic rings. The van der Waals surface area contributed by atoms with Gasteiger partial charge in [-0.3, -0.25) is 4.79 Å². The Labute approximate surface area is 117 Å². The first kappa shape index (κ1) is 14.4. The van der Waals surface area contributed by atoms with Crippen molar-refractivity contribution in [3.8, 4) is 0 Å². The predicted octanol–water partition coefficient (Wildman–Crippen LogP) is 3.94. The highest BCUT2D eigenvalue weighted by atomic mass is 16.2. The maximum absolute atomic E-state index is 11.6. The van der Waals surface area contributed by atoms with Crippen LogP contribution in [0.3, 0.4) is 0 Å². The highest BCUT2D eigenvalue weighted by Gasteiger charge is 2.25. The number of amides is 1. The van der Waals surface area contributed by atoms with Gasteiger partial charge in [-0.15, -0.1) is 0 Å². The van der Waals surface area contributed by atoms with Crippen molar-refractivity contribution < 1.29 is 4.79 Å². The van der Waals surface area contributed by atoms with E-state index in [1.54, 1.807) is 6.92 Å². The molecule has 2 aliphatic rings. The van der Waals surface area contributed by atoms with Crippen LogP contribution < -0.4 is 0 Å². The molecule has 0 radical (unpaired) electrons. The van der Waals surface area contributed by atoms with E-state index < -0.39 is 0 Å². The molecular formula is C17H27NO. The van der Waals surface area contributed by atoms with E-state index in [2.05, 4.69) is 26.0 Å². The molecule has 19 heavy (non-hydrogen) atoms. The normalized spacial score (nSPS) is 24.1. The highest BCUT2D eigenvalue weighted by Crippen LogP contribution is 2.30. The summed E-state index contributed by atoms with van der Waals surface area (Å²) in [7, 11) is 0. The Balaban J connectivity index is 1.86. The number of hydrogen-bond donors (Lipinski definition) is 0. The lowest BCUT2D eigenvalue weighted by atomic mass is 9.85. The highest BCUT2D eigenvalue weighted by molar-refractivity contribution is 5.73. The van der Waals surface area contributed by atoms with Gasteiger partial charge in [-0.25, -0.2) is 0 Å². The van der Waals surface area contributed by atoms with Crippen LogP contribution in [0, 0.1) is 11.8 Å². The third-order valence-corrected chi connectivity index (χ3v) is 4.54. The topological polar surface area (TPSA) is 20.3 Å². The molecule has 1 unspecified atom stereocenters. The zero-order valence-electron chi connectivity index (χ0n) is 12.6. The summed E-state index contributed by atoms with van der Waals surface area (Å²) in [6.45, 7) is 7.91. The van der Waals surface area contributed by atoms with E-state index >= 15 is 0 Å². The Hall–Kier alpha value is -1.05. The molecule has 2 rings (SSSR count). The summed E-state index contributed by atoms with van der Waals surface area (Å²) < 4.78 is 0. The Morgan fingerprint density at radius 2 is 2.11 bits per heavy atom. The van der Waals surface area contributed by atoms with E-state index in [1.807, 2.05) is 4.90 Å². The zero-order chi connectivity index (χ0) is 13.8. The molecule has 1 amide bonds. The number of rotatable bonds is 5. The molecule has 0 aliphatic heterocycles. The van der Waals surface area contributed by atoms with Crippen molar-refractivity contribution in [2.75, 3.05) is 13.1 Å². The van der Waals surface area contributed by atoms with Crippen LogP contribution in [0.25, 0.3) is 0 Å². The summed E-state index contributed by atoms with van der Waals surface area (Å²) in [6, 6.07) is 0. The fourth-order valence-corrected chi connectivity index (χ4v) is 2.74. The Morgan fingerprint density at radius 1 is 1.37 bits per heavy atom. The van der Waals surface area contributed by atoms with Gasteiger partial charge in [0.1, 0.15) is 0 Å². The van der Waals surface area contributed by atoms with Gasteiger partial charge in [0.15, 0.2) is 0 Å². The number of carbonyl (C=O) groups excluding carboxylic acids is 1. The maximum Gasteiger partial charge on any atom is 0.219 e. The molecule has 2 aliphatic carbocycles. The molecular weight excluding hydrogens is 234 g/mol. The number of nitrogens with zero attached hydrogens (tertiary/aromatic N) is 1. The van der Waals surface area contributed by atoms with Crippen molar-refractivity contribution in [3.63, 3.8) is 0 Å². The fourth-order valence-electron chi connectivity index (χ4n) is 2.74. The number of carbonyl (C=O) groups is 1. The first-order chi connectivity index (χ1) is 9.06. The average Bonchev–Trinajstić information content (AvgIpc) is 3.18. The molecule has 1 fully saturated rings. The monoisotopic (exact) mass is 261 g/mol. The molecule has 2 nitrogen and oxygen atoms in total. The lowest BCUT2D eigenvalue weighted by Gasteiger charge is -2.23. The van der Waals surface area contributed by atoms with Gasteiger partial charge in [0.05, 0.1) is 0 Å². The SMILES string of the molecule is CC(=O)N(C/C=C(\C)C1CC=C(C)CC1)CC1CC1. The van der Waals surface area contributed by atoms with Gasteiger partial charge in [-0.1, -0.05) is 23.3 Å². The third kappa shape index (κ3) is 4.52. The standard InChI is InChI=1S/C17H27NO/c1-13-4-8-17(9-5-13)14(2)10-11-18(15(3)19)12-16-6-7-16/h4,10,16-17H,5-9,11-12H2,1-3H3/b14-10+. The van der Waals surface area contributed by atoms with Crippen molar-refractivity contribution >= 4 is 5.91 Å². The van der Waals surface area contributed by atoms with Gasteiger partial charge >= 0.3 is 0 Å². The Kier molecular flexibility index (Phi) is 4.84. The number of allylic oxidation sites excluding steroid dienone is 3. The summed E-state index contributed by atoms with van der Waals surface area (Å²) in [5.74, 6) is 1.69. The molecule has 0 aromatic carbocycles. The molecule has 1 saturated carbocycles. The van der Waals surface area contributed by atoms with Crippen LogP contribution in [-0.2, 0) is 4.79 Å². The molecule has 0 spiro atoms. The van der Waals surface area contributed by atoms with Crippen molar-refractivity contribution in [2.45, 2.75) is 52.9 Å². The van der Waals surface area contributed by atoms with Crippen molar-refractivity contribution in [1.82, 2.24) is 4.90 Å². The second kappa shape index (κ2) is 6.40. The molecule has 1 atom stereocenters. The summed E-state index contributed by atoms with van der Waals surface area (Å²) >= 11 is 0. The Morgan fingerprint density at radius 3 is 2.63 bits per heavy atom. The van der Waals surface area contributed by atoms with Gasteiger partial charge in [0.25, 0.3) is 0 Å². The lowest BCUT2D eigenvalue weighted by molar-refractivity contribution is -0.128. The van der Waals surface area contributed by atoms with E-state index in [1.165, 1.54) is 43.3 Å². The fraction of sp³-hybridized carbons (Fsp3) is 0.706.